The first-order chi connectivity index (χ1) is 18.9. The van der Waals surface area contributed by atoms with Crippen molar-refractivity contribution >= 4 is 29.1 Å². The van der Waals surface area contributed by atoms with Crippen LogP contribution in [0.25, 0.3) is 22.4 Å². The van der Waals surface area contributed by atoms with Gasteiger partial charge in [0.15, 0.2) is 10.4 Å². The number of aliphatic carboxylic acids is 1. The Morgan fingerprint density at radius 3 is 2.51 bits per heavy atom. The summed E-state index contributed by atoms with van der Waals surface area (Å²) in [4.78, 5) is 11.8. The normalized spacial score (nSPS) is 17.5. The maximum absolute atomic E-state index is 15.2. The Balaban J connectivity index is 1.48. The highest BCUT2D eigenvalue weighted by Gasteiger charge is 2.36. The van der Waals surface area contributed by atoms with Crippen molar-refractivity contribution in [2.24, 2.45) is 5.14 Å². The molecule has 2 aliphatic rings. The molecule has 4 N–H and O–H groups in total. The third-order valence-corrected chi connectivity index (χ3v) is 8.59. The summed E-state index contributed by atoms with van der Waals surface area (Å²) in [5, 5.41) is 24.6. The second kappa shape index (κ2) is 10.5. The van der Waals surface area contributed by atoms with Gasteiger partial charge in [-0.05, 0) is 41.7 Å². The first-order valence-electron chi connectivity index (χ1n) is 12.5. The molecular weight excluding hydrogens is 535 g/mol. The molecule has 0 bridgehead atoms. The molecule has 0 spiro atoms. The average molecular weight is 561 g/mol. The topological polar surface area (TPSA) is 116 Å². The number of carboxylic acids is 1. The van der Waals surface area contributed by atoms with Crippen LogP contribution in [0.2, 0.25) is 0 Å². The molecule has 1 fully saturated rings. The highest BCUT2D eigenvalue weighted by Crippen LogP contribution is 2.47. The van der Waals surface area contributed by atoms with Gasteiger partial charge in [0.2, 0.25) is 0 Å². The van der Waals surface area contributed by atoms with Crippen LogP contribution < -0.4 is 10.5 Å². The summed E-state index contributed by atoms with van der Waals surface area (Å²) in [5.74, 6) is -1.26. The molecule has 4 aromatic rings. The maximum Gasteiger partial charge on any atom is 0.352 e. The summed E-state index contributed by atoms with van der Waals surface area (Å²) in [5.41, 5.74) is 5.74. The van der Waals surface area contributed by atoms with E-state index in [4.69, 9.17) is 10.2 Å². The minimum Gasteiger partial charge on any atom is -0.593 e. The van der Waals surface area contributed by atoms with E-state index in [1.807, 2.05) is 53.2 Å². The van der Waals surface area contributed by atoms with Crippen LogP contribution in [0.1, 0.15) is 41.1 Å². The molecule has 1 saturated carbocycles. The van der Waals surface area contributed by atoms with Crippen LogP contribution in [-0.2, 0) is 22.6 Å². The molecule has 7 nitrogen and oxygen atoms in total. The summed E-state index contributed by atoms with van der Waals surface area (Å²) in [6, 6.07) is 22.6. The molecule has 1 aliphatic heterocycles. The predicted octanol–water partition coefficient (Wildman–Crippen LogP) is 5.52. The van der Waals surface area contributed by atoms with E-state index < -0.39 is 28.6 Å². The third-order valence-electron chi connectivity index (χ3n) is 6.93. The smallest absolute Gasteiger partial charge is 0.352 e. The molecule has 2 heterocycles. The largest absolute Gasteiger partial charge is 0.593 e. The van der Waals surface area contributed by atoms with Crippen LogP contribution in [0.3, 0.4) is 0 Å². The number of carbonyl (C=O) groups is 1. The highest BCUT2D eigenvalue weighted by atomic mass is 32.2. The first kappa shape index (κ1) is 25.7. The van der Waals surface area contributed by atoms with Gasteiger partial charge < -0.3 is 15.0 Å². The zero-order chi connectivity index (χ0) is 27.1. The average Bonchev–Trinajstić information content (AvgIpc) is 3.52. The van der Waals surface area contributed by atoms with Crippen LogP contribution in [-0.4, -0.2) is 25.4 Å². The van der Waals surface area contributed by atoms with Gasteiger partial charge >= 0.3 is 5.97 Å². The van der Waals surface area contributed by atoms with Crippen molar-refractivity contribution in [3.05, 3.63) is 107 Å². The van der Waals surface area contributed by atoms with Gasteiger partial charge in [-0.15, -0.1) is 5.14 Å². The first-order valence-corrected chi connectivity index (χ1v) is 14.6. The molecule has 198 valence electrons. The molecule has 10 heteroatoms. The van der Waals surface area contributed by atoms with Crippen molar-refractivity contribution in [3.63, 3.8) is 0 Å². The Morgan fingerprint density at radius 1 is 1.10 bits per heavy atom. The number of hydrogen-bond acceptors (Lipinski definition) is 6. The van der Waals surface area contributed by atoms with E-state index in [0.717, 1.165) is 46.5 Å². The molecule has 2 atom stereocenters. The van der Waals surface area contributed by atoms with Crippen molar-refractivity contribution in [2.75, 3.05) is 0 Å². The molecule has 0 radical (unpaired) electrons. The minimum absolute atomic E-state index is 0.118. The lowest BCUT2D eigenvalue weighted by atomic mass is 9.95. The Morgan fingerprint density at radius 2 is 1.85 bits per heavy atom. The zero-order valence-corrected chi connectivity index (χ0v) is 22.3. The van der Waals surface area contributed by atoms with Gasteiger partial charge in [0, 0.05) is 40.6 Å². The van der Waals surface area contributed by atoms with E-state index in [1.54, 1.807) is 17.5 Å². The van der Waals surface area contributed by atoms with Crippen LogP contribution in [0, 0.1) is 5.82 Å². The van der Waals surface area contributed by atoms with Crippen molar-refractivity contribution in [2.45, 2.75) is 35.6 Å². The zero-order valence-electron chi connectivity index (χ0n) is 20.7. The lowest BCUT2D eigenvalue weighted by Crippen LogP contribution is -2.25. The SMILES string of the molecule is N[S+]([O-])c1ccc(Cc2c(-c3cccc(-c4ccccc4)c3)nn(C3NC(C(=O)O)=CS3)c2C2CC2)c(F)c1. The molecule has 2 unspecified atom stereocenters. The summed E-state index contributed by atoms with van der Waals surface area (Å²) >= 11 is -0.429. The van der Waals surface area contributed by atoms with Crippen LogP contribution in [0.5, 0.6) is 0 Å². The standard InChI is InChI=1S/C29H25FN4O3S2/c30-24-15-22(39(31)37)12-11-20(24)14-23-26(21-8-4-7-19(13-21)17-5-2-1-3-6-17)33-34(27(23)18-9-10-18)29-32-25(16-38-29)28(35)36/h1-8,11-13,15-16,18,29,32H,9-10,14,31H2,(H,35,36). The van der Waals surface area contributed by atoms with Crippen molar-refractivity contribution < 1.29 is 18.8 Å². The molecule has 1 aliphatic carbocycles. The van der Waals surface area contributed by atoms with E-state index in [0.29, 0.717) is 5.56 Å². The summed E-state index contributed by atoms with van der Waals surface area (Å²) in [6.07, 6.45) is 2.23. The van der Waals surface area contributed by atoms with Gasteiger partial charge in [-0.1, -0.05) is 66.4 Å². The molecule has 39 heavy (non-hydrogen) atoms. The molecule has 3 aromatic carbocycles. The van der Waals surface area contributed by atoms with Crippen LogP contribution in [0.4, 0.5) is 4.39 Å². The summed E-state index contributed by atoms with van der Waals surface area (Å²) < 4.78 is 28.8. The van der Waals surface area contributed by atoms with E-state index in [1.165, 1.54) is 17.8 Å². The fraction of sp³-hybridized carbons (Fsp3) is 0.172. The second-order valence-electron chi connectivity index (χ2n) is 9.57. The van der Waals surface area contributed by atoms with Crippen LogP contribution >= 0.6 is 11.8 Å². The summed E-state index contributed by atoms with van der Waals surface area (Å²) in [6.45, 7) is 0. The Hall–Kier alpha value is -3.57. The lowest BCUT2D eigenvalue weighted by Gasteiger charge is -2.16. The van der Waals surface area contributed by atoms with Gasteiger partial charge in [0.25, 0.3) is 0 Å². The van der Waals surface area contributed by atoms with Crippen LogP contribution in [0.15, 0.2) is 88.8 Å². The number of halogens is 1. The molecule has 0 saturated heterocycles. The highest BCUT2D eigenvalue weighted by molar-refractivity contribution is 8.02. The maximum atomic E-state index is 15.2. The Labute approximate surface area is 232 Å². The number of aromatic nitrogens is 2. The van der Waals surface area contributed by atoms with Crippen molar-refractivity contribution in [3.8, 4) is 22.4 Å². The number of thioether (sulfide) groups is 1. The van der Waals surface area contributed by atoms with Gasteiger partial charge in [0.05, 0.1) is 17.1 Å². The minimum atomic E-state index is -1.78. The number of nitrogens with zero attached hydrogens (tertiary/aromatic N) is 2. The van der Waals surface area contributed by atoms with E-state index in [9.17, 15) is 14.5 Å². The van der Waals surface area contributed by atoms with E-state index in [-0.39, 0.29) is 22.9 Å². The quantitative estimate of drug-likeness (QED) is 0.243. The monoisotopic (exact) mass is 560 g/mol. The van der Waals surface area contributed by atoms with Gasteiger partial charge in [0.1, 0.15) is 11.5 Å². The molecular formula is C29H25FN4O3S2. The van der Waals surface area contributed by atoms with Crippen molar-refractivity contribution in [1.29, 1.82) is 0 Å². The number of nitrogens with two attached hydrogens (primary N) is 1. The Kier molecular flexibility index (Phi) is 6.94. The van der Waals surface area contributed by atoms with Crippen molar-refractivity contribution in [1.82, 2.24) is 15.1 Å². The molecule has 0 amide bonds. The number of carboxylic acid groups (broad SMARTS) is 1. The predicted molar refractivity (Wildman–Crippen MR) is 150 cm³/mol. The summed E-state index contributed by atoms with van der Waals surface area (Å²) in [7, 11) is 0. The van der Waals surface area contributed by atoms with Gasteiger partial charge in [-0.25, -0.2) is 13.9 Å². The number of hydrogen-bond donors (Lipinski definition) is 3. The van der Waals surface area contributed by atoms with E-state index >= 15 is 4.39 Å². The Bertz CT molecular complexity index is 1580. The third kappa shape index (κ3) is 5.20. The van der Waals surface area contributed by atoms with E-state index in [2.05, 4.69) is 11.4 Å². The van der Waals surface area contributed by atoms with Gasteiger partial charge in [-0.3, -0.25) is 0 Å². The van der Waals surface area contributed by atoms with Gasteiger partial charge in [-0.2, -0.15) is 5.10 Å². The number of benzene rings is 3. The lowest BCUT2D eigenvalue weighted by molar-refractivity contribution is -0.133. The second-order valence-corrected chi connectivity index (χ2v) is 11.6. The number of rotatable bonds is 8. The fourth-order valence-electron chi connectivity index (χ4n) is 4.88. The molecule has 1 aromatic heterocycles. The number of nitrogens with one attached hydrogen (secondary N) is 1. The fourth-order valence-corrected chi connectivity index (χ4v) is 6.21. The molecule has 6 rings (SSSR count).